The molecular weight excluding hydrogens is 184 g/mol. The first-order chi connectivity index (χ1) is 7.15. The lowest BCUT2D eigenvalue weighted by atomic mass is 10.1. The molecule has 2 heteroatoms. The summed E-state index contributed by atoms with van der Waals surface area (Å²) in [5.74, 6) is 0. The second-order valence-corrected chi connectivity index (χ2v) is 2.83. The van der Waals surface area contributed by atoms with Gasteiger partial charge in [-0.2, -0.15) is 0 Å². The smallest absolute Gasteiger partial charge is 0.0338 e. The molecule has 0 radical (unpaired) electrons. The highest BCUT2D eigenvalue weighted by Crippen LogP contribution is 2.13. The molecule has 0 aliphatic carbocycles. The Bertz CT molecular complexity index is 323. The van der Waals surface area contributed by atoms with Crippen LogP contribution >= 0.6 is 0 Å². The maximum absolute atomic E-state index is 5.54. The van der Waals surface area contributed by atoms with E-state index in [1.54, 1.807) is 0 Å². The van der Waals surface area contributed by atoms with Gasteiger partial charge in [-0.3, -0.25) is 0 Å². The Hall–Kier alpha value is -1.70. The van der Waals surface area contributed by atoms with Crippen molar-refractivity contribution >= 4 is 11.4 Å². The van der Waals surface area contributed by atoms with E-state index in [0.717, 1.165) is 16.8 Å². The lowest BCUT2D eigenvalue weighted by Gasteiger charge is -2.05. The summed E-state index contributed by atoms with van der Waals surface area (Å²) in [5, 5.41) is 2.98. The normalized spacial score (nSPS) is 8.47. The molecule has 0 aromatic heterocycles. The zero-order valence-corrected chi connectivity index (χ0v) is 9.80. The van der Waals surface area contributed by atoms with Gasteiger partial charge in [0.2, 0.25) is 0 Å². The molecule has 1 aromatic carbocycles. The van der Waals surface area contributed by atoms with Crippen LogP contribution in [0.4, 0.5) is 0 Å². The fourth-order valence-electron chi connectivity index (χ4n) is 1.03. The minimum Gasteiger partial charge on any atom is -0.399 e. The summed E-state index contributed by atoms with van der Waals surface area (Å²) in [6, 6.07) is 7.79. The van der Waals surface area contributed by atoms with E-state index >= 15 is 0 Å². The molecule has 0 heterocycles. The molecule has 0 saturated carbocycles. The summed E-state index contributed by atoms with van der Waals surface area (Å²) in [7, 11) is 1.85. The largest absolute Gasteiger partial charge is 0.399 e. The van der Waals surface area contributed by atoms with Gasteiger partial charge < -0.3 is 11.1 Å². The first-order valence-electron chi connectivity index (χ1n) is 5.07. The molecule has 82 valence electrons. The molecule has 0 amide bonds. The van der Waals surface area contributed by atoms with Gasteiger partial charge in [0, 0.05) is 18.4 Å². The Labute approximate surface area is 92.5 Å². The SMILES string of the molecule is C=C(N)c1ccc(C(=C)NC)cc1.CC. The summed E-state index contributed by atoms with van der Waals surface area (Å²) >= 11 is 0. The minimum absolute atomic E-state index is 0.585. The van der Waals surface area contributed by atoms with E-state index in [1.165, 1.54) is 0 Å². The lowest BCUT2D eigenvalue weighted by Crippen LogP contribution is -2.03. The monoisotopic (exact) mass is 204 g/mol. The highest BCUT2D eigenvalue weighted by molar-refractivity contribution is 5.66. The van der Waals surface area contributed by atoms with Crippen LogP contribution in [0.2, 0.25) is 0 Å². The van der Waals surface area contributed by atoms with Gasteiger partial charge in [-0.05, 0) is 11.1 Å². The average Bonchev–Trinajstić information content (AvgIpc) is 2.31. The Morgan fingerprint density at radius 1 is 1.07 bits per heavy atom. The molecule has 0 spiro atoms. The van der Waals surface area contributed by atoms with E-state index in [2.05, 4.69) is 18.5 Å². The van der Waals surface area contributed by atoms with Crippen LogP contribution in [0.5, 0.6) is 0 Å². The summed E-state index contributed by atoms with van der Waals surface area (Å²) in [5.41, 5.74) is 9.04. The van der Waals surface area contributed by atoms with Crippen molar-refractivity contribution in [3.8, 4) is 0 Å². The molecular formula is C13H20N2. The number of hydrogen-bond acceptors (Lipinski definition) is 2. The third kappa shape index (κ3) is 3.90. The van der Waals surface area contributed by atoms with Crippen LogP contribution in [0.3, 0.4) is 0 Å². The topological polar surface area (TPSA) is 38.0 Å². The third-order valence-electron chi connectivity index (χ3n) is 1.91. The summed E-state index contributed by atoms with van der Waals surface area (Å²) in [6.45, 7) is 11.5. The van der Waals surface area contributed by atoms with Gasteiger partial charge in [0.05, 0.1) is 0 Å². The summed E-state index contributed by atoms with van der Waals surface area (Å²) in [4.78, 5) is 0. The predicted molar refractivity (Wildman–Crippen MR) is 69.1 cm³/mol. The number of rotatable bonds is 3. The van der Waals surface area contributed by atoms with E-state index < -0.39 is 0 Å². The van der Waals surface area contributed by atoms with Crippen LogP contribution in [-0.4, -0.2) is 7.05 Å². The average molecular weight is 204 g/mol. The van der Waals surface area contributed by atoms with E-state index in [9.17, 15) is 0 Å². The zero-order valence-electron chi connectivity index (χ0n) is 9.80. The Balaban J connectivity index is 0.000000921. The Morgan fingerprint density at radius 2 is 1.47 bits per heavy atom. The summed E-state index contributed by atoms with van der Waals surface area (Å²) in [6.07, 6.45) is 0. The van der Waals surface area contributed by atoms with Crippen molar-refractivity contribution < 1.29 is 0 Å². The van der Waals surface area contributed by atoms with Crippen LogP contribution in [0.15, 0.2) is 37.4 Å². The van der Waals surface area contributed by atoms with E-state index in [4.69, 9.17) is 5.73 Å². The second kappa shape index (κ2) is 6.71. The van der Waals surface area contributed by atoms with Crippen molar-refractivity contribution in [1.82, 2.24) is 5.32 Å². The maximum atomic E-state index is 5.54. The van der Waals surface area contributed by atoms with Gasteiger partial charge in [-0.1, -0.05) is 51.3 Å². The van der Waals surface area contributed by atoms with Crippen LogP contribution in [0.1, 0.15) is 25.0 Å². The maximum Gasteiger partial charge on any atom is 0.0338 e. The molecule has 0 aliphatic heterocycles. The first-order valence-corrected chi connectivity index (χ1v) is 5.07. The number of nitrogens with two attached hydrogens (primary N) is 1. The Kier molecular flexibility index (Phi) is 5.95. The number of benzene rings is 1. The second-order valence-electron chi connectivity index (χ2n) is 2.83. The standard InChI is InChI=1S/C11H14N2.C2H6/c1-8(12)10-4-6-11(7-5-10)9(2)13-3;1-2/h4-7,13H,1-2,12H2,3H3;1-2H3. The molecule has 0 aliphatic rings. The van der Waals surface area contributed by atoms with Crippen molar-refractivity contribution in [3.63, 3.8) is 0 Å². The van der Waals surface area contributed by atoms with Gasteiger partial charge in [-0.25, -0.2) is 0 Å². The van der Waals surface area contributed by atoms with Crippen LogP contribution < -0.4 is 11.1 Å². The third-order valence-corrected chi connectivity index (χ3v) is 1.91. The number of nitrogens with one attached hydrogen (secondary N) is 1. The fraction of sp³-hybridized carbons (Fsp3) is 0.231. The molecule has 2 nitrogen and oxygen atoms in total. The van der Waals surface area contributed by atoms with Crippen molar-refractivity contribution in [3.05, 3.63) is 48.6 Å². The van der Waals surface area contributed by atoms with Crippen molar-refractivity contribution in [2.45, 2.75) is 13.8 Å². The lowest BCUT2D eigenvalue weighted by molar-refractivity contribution is 1.13. The molecule has 15 heavy (non-hydrogen) atoms. The minimum atomic E-state index is 0.585. The molecule has 0 bridgehead atoms. The van der Waals surface area contributed by atoms with Crippen LogP contribution in [-0.2, 0) is 0 Å². The zero-order chi connectivity index (χ0) is 11.8. The quantitative estimate of drug-likeness (QED) is 0.794. The van der Waals surface area contributed by atoms with Crippen molar-refractivity contribution in [2.24, 2.45) is 5.73 Å². The highest BCUT2D eigenvalue weighted by atomic mass is 14.8. The van der Waals surface area contributed by atoms with E-state index in [0.29, 0.717) is 5.70 Å². The first kappa shape index (κ1) is 13.3. The van der Waals surface area contributed by atoms with Gasteiger partial charge in [0.15, 0.2) is 0 Å². The molecule has 0 fully saturated rings. The van der Waals surface area contributed by atoms with Crippen LogP contribution in [0.25, 0.3) is 11.4 Å². The van der Waals surface area contributed by atoms with E-state index in [-0.39, 0.29) is 0 Å². The van der Waals surface area contributed by atoms with Crippen LogP contribution in [0, 0.1) is 0 Å². The van der Waals surface area contributed by atoms with Gasteiger partial charge >= 0.3 is 0 Å². The Morgan fingerprint density at radius 3 is 1.80 bits per heavy atom. The van der Waals surface area contributed by atoms with E-state index in [1.807, 2.05) is 45.2 Å². The summed E-state index contributed by atoms with van der Waals surface area (Å²) < 4.78 is 0. The van der Waals surface area contributed by atoms with Gasteiger partial charge in [0.25, 0.3) is 0 Å². The van der Waals surface area contributed by atoms with Gasteiger partial charge in [0.1, 0.15) is 0 Å². The predicted octanol–water partition coefficient (Wildman–Crippen LogP) is 2.83. The fourth-order valence-corrected chi connectivity index (χ4v) is 1.03. The van der Waals surface area contributed by atoms with Gasteiger partial charge in [-0.15, -0.1) is 0 Å². The number of hydrogen-bond donors (Lipinski definition) is 2. The molecule has 3 N–H and O–H groups in total. The van der Waals surface area contributed by atoms with Crippen molar-refractivity contribution in [1.29, 1.82) is 0 Å². The molecule has 0 atom stereocenters. The molecule has 1 rings (SSSR count). The molecule has 0 saturated heterocycles. The highest BCUT2D eigenvalue weighted by Gasteiger charge is 1.97. The van der Waals surface area contributed by atoms with Crippen molar-refractivity contribution in [2.75, 3.05) is 7.05 Å². The molecule has 1 aromatic rings. The molecule has 0 unspecified atom stereocenters.